The van der Waals surface area contributed by atoms with Crippen LogP contribution in [-0.4, -0.2) is 88.6 Å². The standard InChI is InChI=1S/C17H31N7O6/c1-9(18)13(26)23-11(8-25)14(27)22-10(4-2-6-21-17(19)20)15(28)24-7-3-5-12(24)16(29)30/h9-12,25H,2-8,18H2,1H3,(H,22,27)(H,23,26)(H,29,30)(H4,19,20,21). The van der Waals surface area contributed by atoms with Gasteiger partial charge in [0.15, 0.2) is 5.96 Å². The molecular formula is C17H31N7O6. The number of aliphatic carboxylic acids is 1. The summed E-state index contributed by atoms with van der Waals surface area (Å²) < 4.78 is 0. The number of carbonyl (C=O) groups is 4. The van der Waals surface area contributed by atoms with Gasteiger partial charge < -0.3 is 42.9 Å². The highest BCUT2D eigenvalue weighted by molar-refractivity contribution is 5.94. The summed E-state index contributed by atoms with van der Waals surface area (Å²) in [4.78, 5) is 53.7. The van der Waals surface area contributed by atoms with Crippen molar-refractivity contribution in [3.05, 3.63) is 0 Å². The molecule has 0 spiro atoms. The van der Waals surface area contributed by atoms with E-state index in [4.69, 9.17) is 17.2 Å². The summed E-state index contributed by atoms with van der Waals surface area (Å²) in [6.45, 7) is 1.16. The zero-order valence-corrected chi connectivity index (χ0v) is 16.9. The minimum absolute atomic E-state index is 0.119. The van der Waals surface area contributed by atoms with E-state index in [1.165, 1.54) is 11.8 Å². The fourth-order valence-corrected chi connectivity index (χ4v) is 3.02. The lowest BCUT2D eigenvalue weighted by atomic mass is 10.1. The van der Waals surface area contributed by atoms with Gasteiger partial charge in [-0.05, 0) is 32.6 Å². The van der Waals surface area contributed by atoms with Crippen molar-refractivity contribution in [1.82, 2.24) is 15.5 Å². The van der Waals surface area contributed by atoms with Crippen molar-refractivity contribution < 1.29 is 29.4 Å². The highest BCUT2D eigenvalue weighted by atomic mass is 16.4. The monoisotopic (exact) mass is 429 g/mol. The Bertz CT molecular complexity index is 665. The maximum atomic E-state index is 13.0. The number of aliphatic hydroxyl groups excluding tert-OH is 1. The Morgan fingerprint density at radius 1 is 1.17 bits per heavy atom. The summed E-state index contributed by atoms with van der Waals surface area (Å²) >= 11 is 0. The number of carboxylic acids is 1. The molecule has 4 atom stereocenters. The number of hydrogen-bond acceptors (Lipinski definition) is 7. The summed E-state index contributed by atoms with van der Waals surface area (Å²) in [7, 11) is 0. The predicted octanol–water partition coefficient (Wildman–Crippen LogP) is -3.58. The van der Waals surface area contributed by atoms with E-state index in [-0.39, 0.29) is 25.5 Å². The first-order chi connectivity index (χ1) is 14.1. The number of nitrogens with zero attached hydrogens (tertiary/aromatic N) is 2. The van der Waals surface area contributed by atoms with Crippen molar-refractivity contribution >= 4 is 29.7 Å². The van der Waals surface area contributed by atoms with Crippen LogP contribution in [0.3, 0.4) is 0 Å². The fraction of sp³-hybridized carbons (Fsp3) is 0.706. The number of hydrogen-bond donors (Lipinski definition) is 7. The molecular weight excluding hydrogens is 398 g/mol. The van der Waals surface area contributed by atoms with Gasteiger partial charge >= 0.3 is 5.97 Å². The van der Waals surface area contributed by atoms with Crippen LogP contribution in [0.25, 0.3) is 0 Å². The Morgan fingerprint density at radius 3 is 2.33 bits per heavy atom. The fourth-order valence-electron chi connectivity index (χ4n) is 3.02. The molecule has 0 radical (unpaired) electrons. The van der Waals surface area contributed by atoms with Crippen LogP contribution in [0.2, 0.25) is 0 Å². The van der Waals surface area contributed by atoms with Crippen molar-refractivity contribution in [2.24, 2.45) is 22.2 Å². The topological polar surface area (TPSA) is 226 Å². The normalized spacial score (nSPS) is 18.8. The number of amides is 3. The van der Waals surface area contributed by atoms with Crippen molar-refractivity contribution in [3.63, 3.8) is 0 Å². The average molecular weight is 429 g/mol. The van der Waals surface area contributed by atoms with E-state index in [2.05, 4.69) is 15.6 Å². The van der Waals surface area contributed by atoms with Gasteiger partial charge in [0.25, 0.3) is 0 Å². The number of nitrogens with one attached hydrogen (secondary N) is 2. The van der Waals surface area contributed by atoms with Crippen LogP contribution in [0, 0.1) is 0 Å². The Hall–Kier alpha value is -2.93. The number of aliphatic hydroxyl groups is 1. The van der Waals surface area contributed by atoms with Gasteiger partial charge in [0, 0.05) is 13.1 Å². The lowest BCUT2D eigenvalue weighted by molar-refractivity contribution is -0.149. The largest absolute Gasteiger partial charge is 0.480 e. The third-order valence-electron chi connectivity index (χ3n) is 4.61. The molecule has 0 aromatic rings. The van der Waals surface area contributed by atoms with E-state index in [0.717, 1.165) is 0 Å². The molecule has 3 amide bonds. The van der Waals surface area contributed by atoms with Crippen LogP contribution < -0.4 is 27.8 Å². The minimum Gasteiger partial charge on any atom is -0.480 e. The zero-order chi connectivity index (χ0) is 22.8. The predicted molar refractivity (Wildman–Crippen MR) is 107 cm³/mol. The summed E-state index contributed by atoms with van der Waals surface area (Å²) in [6.07, 6.45) is 1.31. The van der Waals surface area contributed by atoms with Crippen LogP contribution >= 0.6 is 0 Å². The van der Waals surface area contributed by atoms with Crippen molar-refractivity contribution in [3.8, 4) is 0 Å². The van der Waals surface area contributed by atoms with Crippen molar-refractivity contribution in [2.45, 2.75) is 56.8 Å². The first-order valence-electron chi connectivity index (χ1n) is 9.64. The molecule has 30 heavy (non-hydrogen) atoms. The van der Waals surface area contributed by atoms with Gasteiger partial charge in [-0.3, -0.25) is 19.4 Å². The summed E-state index contributed by atoms with van der Waals surface area (Å²) in [5.41, 5.74) is 16.0. The van der Waals surface area contributed by atoms with Gasteiger partial charge in [0.2, 0.25) is 17.7 Å². The van der Waals surface area contributed by atoms with Crippen LogP contribution in [0.1, 0.15) is 32.6 Å². The Morgan fingerprint density at radius 2 is 1.80 bits per heavy atom. The van der Waals surface area contributed by atoms with Gasteiger partial charge in [-0.2, -0.15) is 0 Å². The Kier molecular flexibility index (Phi) is 9.98. The van der Waals surface area contributed by atoms with Gasteiger partial charge in [-0.25, -0.2) is 4.79 Å². The molecule has 1 saturated heterocycles. The van der Waals surface area contributed by atoms with Gasteiger partial charge in [-0.15, -0.1) is 0 Å². The van der Waals surface area contributed by atoms with Crippen LogP contribution in [0.4, 0.5) is 0 Å². The lowest BCUT2D eigenvalue weighted by Crippen LogP contribution is -2.57. The average Bonchev–Trinajstić information content (AvgIpc) is 3.17. The molecule has 1 fully saturated rings. The molecule has 1 aliphatic rings. The quantitative estimate of drug-likeness (QED) is 0.0977. The molecule has 1 rings (SSSR count). The SMILES string of the molecule is CC(N)C(=O)NC(CO)C(=O)NC(CCCN=C(N)N)C(=O)N1CCCC1C(=O)O. The third kappa shape index (κ3) is 7.48. The maximum Gasteiger partial charge on any atom is 0.326 e. The molecule has 0 aromatic carbocycles. The molecule has 0 aromatic heterocycles. The lowest BCUT2D eigenvalue weighted by Gasteiger charge is -2.28. The van der Waals surface area contributed by atoms with E-state index >= 15 is 0 Å². The van der Waals surface area contributed by atoms with Crippen LogP contribution in [-0.2, 0) is 19.2 Å². The van der Waals surface area contributed by atoms with Crippen molar-refractivity contribution in [2.75, 3.05) is 19.7 Å². The molecule has 1 aliphatic heterocycles. The second-order valence-corrected chi connectivity index (χ2v) is 7.07. The van der Waals surface area contributed by atoms with Crippen LogP contribution in [0.5, 0.6) is 0 Å². The Labute approximate surface area is 174 Å². The molecule has 4 unspecified atom stereocenters. The number of guanidine groups is 1. The van der Waals surface area contributed by atoms with E-state index in [1.807, 2.05) is 0 Å². The summed E-state index contributed by atoms with van der Waals surface area (Å²) in [6, 6.07) is -4.26. The second-order valence-electron chi connectivity index (χ2n) is 7.07. The molecule has 1 heterocycles. The van der Waals surface area contributed by atoms with E-state index in [9.17, 15) is 29.4 Å². The van der Waals surface area contributed by atoms with E-state index in [0.29, 0.717) is 19.3 Å². The molecule has 13 nitrogen and oxygen atoms in total. The second kappa shape index (κ2) is 11.9. The van der Waals surface area contributed by atoms with Gasteiger partial charge in [0.05, 0.1) is 12.6 Å². The molecule has 170 valence electrons. The number of carbonyl (C=O) groups excluding carboxylic acids is 3. The highest BCUT2D eigenvalue weighted by Gasteiger charge is 2.38. The first kappa shape index (κ1) is 25.1. The summed E-state index contributed by atoms with van der Waals surface area (Å²) in [5.74, 6) is -3.24. The molecule has 0 saturated carbocycles. The number of aliphatic imine (C=N–C) groups is 1. The third-order valence-corrected chi connectivity index (χ3v) is 4.61. The van der Waals surface area contributed by atoms with Gasteiger partial charge in [-0.1, -0.05) is 0 Å². The highest BCUT2D eigenvalue weighted by Crippen LogP contribution is 2.19. The van der Waals surface area contributed by atoms with E-state index in [1.54, 1.807) is 0 Å². The number of carboxylic acid groups (broad SMARTS) is 1. The van der Waals surface area contributed by atoms with E-state index < -0.39 is 54.5 Å². The maximum absolute atomic E-state index is 13.0. The summed E-state index contributed by atoms with van der Waals surface area (Å²) in [5, 5.41) is 23.6. The van der Waals surface area contributed by atoms with Gasteiger partial charge in [0.1, 0.15) is 18.1 Å². The van der Waals surface area contributed by atoms with Crippen LogP contribution in [0.15, 0.2) is 4.99 Å². The smallest absolute Gasteiger partial charge is 0.326 e. The minimum atomic E-state index is -1.31. The number of nitrogens with two attached hydrogens (primary N) is 3. The molecule has 0 aliphatic carbocycles. The first-order valence-corrected chi connectivity index (χ1v) is 9.64. The Balaban J connectivity index is 2.92. The molecule has 10 N–H and O–H groups in total. The number of likely N-dealkylation sites (tertiary alicyclic amines) is 1. The number of rotatable bonds is 11. The zero-order valence-electron chi connectivity index (χ0n) is 16.9. The molecule has 13 heteroatoms. The molecule has 0 bridgehead atoms. The van der Waals surface area contributed by atoms with Crippen molar-refractivity contribution in [1.29, 1.82) is 0 Å².